The van der Waals surface area contributed by atoms with E-state index in [1.807, 2.05) is 18.3 Å². The summed E-state index contributed by atoms with van der Waals surface area (Å²) in [6, 6.07) is 14.9. The van der Waals surface area contributed by atoms with Gasteiger partial charge in [0, 0.05) is 53.5 Å². The number of hydrogen-bond donors (Lipinski definition) is 3. The van der Waals surface area contributed by atoms with Crippen LogP contribution in [0.4, 0.5) is 5.69 Å². The van der Waals surface area contributed by atoms with E-state index >= 15 is 0 Å². The Morgan fingerprint density at radius 3 is 2.82 bits per heavy atom. The SMILES string of the molecule is CC(=O)NCCC(CCCCNc1c2c(nc3ccc(Cl)cc13)CCCC2)CCc1ccc2[nH]ccc2c1. The van der Waals surface area contributed by atoms with Gasteiger partial charge in [-0.25, -0.2) is 0 Å². The summed E-state index contributed by atoms with van der Waals surface area (Å²) in [7, 11) is 0. The molecule has 0 saturated carbocycles. The van der Waals surface area contributed by atoms with Crippen LogP contribution in [-0.4, -0.2) is 29.0 Å². The number of aromatic amines is 1. The highest BCUT2D eigenvalue weighted by Gasteiger charge is 2.18. The number of aromatic nitrogens is 2. The lowest BCUT2D eigenvalue weighted by Gasteiger charge is -2.22. The third kappa shape index (κ3) is 6.68. The minimum atomic E-state index is 0.0545. The predicted octanol–water partition coefficient (Wildman–Crippen LogP) is 7.61. The normalized spacial score (nSPS) is 13.9. The summed E-state index contributed by atoms with van der Waals surface area (Å²) in [5.74, 6) is 0.649. The van der Waals surface area contributed by atoms with E-state index in [-0.39, 0.29) is 5.91 Å². The Kier molecular flexibility index (Phi) is 8.85. The fraction of sp³-hybridized carbons (Fsp3) is 0.438. The van der Waals surface area contributed by atoms with Crippen molar-refractivity contribution in [3.63, 3.8) is 0 Å². The second-order valence-corrected chi connectivity index (χ2v) is 11.2. The van der Waals surface area contributed by atoms with Gasteiger partial charge in [-0.05, 0) is 110 Å². The molecular formula is C32H39ClN4O. The van der Waals surface area contributed by atoms with Crippen LogP contribution < -0.4 is 10.6 Å². The molecule has 200 valence electrons. The Balaban J connectivity index is 1.17. The van der Waals surface area contributed by atoms with E-state index in [1.165, 1.54) is 59.1 Å². The molecule has 2 aromatic carbocycles. The van der Waals surface area contributed by atoms with Gasteiger partial charge in [0.15, 0.2) is 0 Å². The molecule has 1 atom stereocenters. The first kappa shape index (κ1) is 26.6. The average Bonchev–Trinajstić information content (AvgIpc) is 3.38. The number of rotatable bonds is 12. The first-order valence-electron chi connectivity index (χ1n) is 14.2. The van der Waals surface area contributed by atoms with Crippen molar-refractivity contribution in [1.29, 1.82) is 0 Å². The summed E-state index contributed by atoms with van der Waals surface area (Å²) in [6.45, 7) is 3.30. The molecule has 6 heteroatoms. The summed E-state index contributed by atoms with van der Waals surface area (Å²) >= 11 is 6.37. The van der Waals surface area contributed by atoms with Gasteiger partial charge in [0.2, 0.25) is 5.91 Å². The standard InChI is InChI=1S/C32H39ClN4O/c1-22(38)34-18-15-23(9-10-24-11-13-29-25(20-24)16-19-35-29)6-4-5-17-36-32-27-7-2-3-8-30(27)37-31-14-12-26(33)21-28(31)32/h11-14,16,19-21,23,35H,2-10,15,17-18H2,1H3,(H,34,38)(H,36,37). The van der Waals surface area contributed by atoms with Crippen LogP contribution in [0.15, 0.2) is 48.7 Å². The monoisotopic (exact) mass is 530 g/mol. The van der Waals surface area contributed by atoms with Crippen molar-refractivity contribution in [2.75, 3.05) is 18.4 Å². The average molecular weight is 531 g/mol. The minimum absolute atomic E-state index is 0.0545. The molecule has 1 unspecified atom stereocenters. The largest absolute Gasteiger partial charge is 0.384 e. The van der Waals surface area contributed by atoms with Crippen LogP contribution in [0.2, 0.25) is 5.02 Å². The number of fused-ring (bicyclic) bond motifs is 3. The Hall–Kier alpha value is -3.05. The number of nitrogens with one attached hydrogen (secondary N) is 3. The van der Waals surface area contributed by atoms with Crippen molar-refractivity contribution in [2.24, 2.45) is 5.92 Å². The van der Waals surface area contributed by atoms with Crippen LogP contribution in [-0.2, 0) is 24.1 Å². The molecule has 1 aliphatic carbocycles. The maximum absolute atomic E-state index is 11.4. The molecule has 1 aliphatic rings. The smallest absolute Gasteiger partial charge is 0.216 e. The number of benzene rings is 2. The maximum Gasteiger partial charge on any atom is 0.216 e. The van der Waals surface area contributed by atoms with Crippen molar-refractivity contribution < 1.29 is 4.79 Å². The van der Waals surface area contributed by atoms with Crippen molar-refractivity contribution in [1.82, 2.24) is 15.3 Å². The lowest BCUT2D eigenvalue weighted by molar-refractivity contribution is -0.119. The molecule has 5 rings (SSSR count). The molecule has 0 aliphatic heterocycles. The number of pyridine rings is 1. The Bertz CT molecular complexity index is 1400. The molecule has 5 nitrogen and oxygen atoms in total. The van der Waals surface area contributed by atoms with E-state index in [2.05, 4.69) is 45.9 Å². The summed E-state index contributed by atoms with van der Waals surface area (Å²) in [5, 5.41) is 9.96. The number of carbonyl (C=O) groups excluding carboxylic acids is 1. The molecule has 1 amide bonds. The van der Waals surface area contributed by atoms with Gasteiger partial charge < -0.3 is 15.6 Å². The number of hydrogen-bond acceptors (Lipinski definition) is 3. The van der Waals surface area contributed by atoms with Crippen LogP contribution in [0.3, 0.4) is 0 Å². The highest BCUT2D eigenvalue weighted by molar-refractivity contribution is 6.31. The Morgan fingerprint density at radius 1 is 1.03 bits per heavy atom. The van der Waals surface area contributed by atoms with E-state index in [0.29, 0.717) is 5.92 Å². The molecule has 0 radical (unpaired) electrons. The summed E-state index contributed by atoms with van der Waals surface area (Å²) in [6.07, 6.45) is 13.3. The third-order valence-corrected chi connectivity index (χ3v) is 8.19. The van der Waals surface area contributed by atoms with Crippen LogP contribution in [0, 0.1) is 5.92 Å². The van der Waals surface area contributed by atoms with Crippen LogP contribution >= 0.6 is 11.6 Å². The predicted molar refractivity (Wildman–Crippen MR) is 159 cm³/mol. The van der Waals surface area contributed by atoms with Crippen LogP contribution in [0.1, 0.15) is 68.7 Å². The number of anilines is 1. The molecule has 2 aromatic heterocycles. The van der Waals surface area contributed by atoms with E-state index in [1.54, 1.807) is 6.92 Å². The molecule has 0 saturated heterocycles. The molecular weight excluding hydrogens is 492 g/mol. The van der Waals surface area contributed by atoms with E-state index in [0.717, 1.165) is 67.5 Å². The van der Waals surface area contributed by atoms with E-state index in [4.69, 9.17) is 16.6 Å². The van der Waals surface area contributed by atoms with Crippen molar-refractivity contribution in [3.8, 4) is 0 Å². The zero-order chi connectivity index (χ0) is 26.3. The van der Waals surface area contributed by atoms with Gasteiger partial charge in [-0.2, -0.15) is 0 Å². The lowest BCUT2D eigenvalue weighted by Crippen LogP contribution is -2.23. The Labute approximate surface area is 230 Å². The summed E-state index contributed by atoms with van der Waals surface area (Å²) in [5.41, 5.74) is 7.50. The van der Waals surface area contributed by atoms with Gasteiger partial charge in [-0.15, -0.1) is 0 Å². The molecule has 0 bridgehead atoms. The lowest BCUT2D eigenvalue weighted by atomic mass is 9.91. The second kappa shape index (κ2) is 12.7. The minimum Gasteiger partial charge on any atom is -0.384 e. The topological polar surface area (TPSA) is 69.8 Å². The molecule has 4 aromatic rings. The fourth-order valence-electron chi connectivity index (χ4n) is 5.88. The highest BCUT2D eigenvalue weighted by Crippen LogP contribution is 2.34. The van der Waals surface area contributed by atoms with Gasteiger partial charge >= 0.3 is 0 Å². The molecule has 38 heavy (non-hydrogen) atoms. The fourth-order valence-corrected chi connectivity index (χ4v) is 6.06. The van der Waals surface area contributed by atoms with Crippen molar-refractivity contribution in [2.45, 2.75) is 71.1 Å². The number of aryl methyl sites for hydroxylation is 2. The Morgan fingerprint density at radius 2 is 1.92 bits per heavy atom. The number of carbonyl (C=O) groups is 1. The molecule has 3 N–H and O–H groups in total. The quantitative estimate of drug-likeness (QED) is 0.165. The first-order chi connectivity index (χ1) is 18.6. The van der Waals surface area contributed by atoms with Gasteiger partial charge in [0.1, 0.15) is 0 Å². The third-order valence-electron chi connectivity index (χ3n) is 7.95. The second-order valence-electron chi connectivity index (χ2n) is 10.8. The summed E-state index contributed by atoms with van der Waals surface area (Å²) in [4.78, 5) is 19.6. The van der Waals surface area contributed by atoms with E-state index in [9.17, 15) is 4.79 Å². The molecule has 0 spiro atoms. The molecule has 0 fully saturated rings. The number of amides is 1. The number of H-pyrrole nitrogens is 1. The van der Waals surface area contributed by atoms with E-state index < -0.39 is 0 Å². The van der Waals surface area contributed by atoms with Crippen LogP contribution in [0.5, 0.6) is 0 Å². The first-order valence-corrected chi connectivity index (χ1v) is 14.6. The number of halogens is 1. The summed E-state index contributed by atoms with van der Waals surface area (Å²) < 4.78 is 0. The van der Waals surface area contributed by atoms with Gasteiger partial charge in [-0.3, -0.25) is 9.78 Å². The number of unbranched alkanes of at least 4 members (excludes halogenated alkanes) is 1. The zero-order valence-electron chi connectivity index (χ0n) is 22.4. The van der Waals surface area contributed by atoms with Crippen molar-refractivity contribution >= 4 is 45.0 Å². The van der Waals surface area contributed by atoms with Crippen LogP contribution in [0.25, 0.3) is 21.8 Å². The molecule has 2 heterocycles. The zero-order valence-corrected chi connectivity index (χ0v) is 23.2. The number of nitrogens with zero attached hydrogens (tertiary/aromatic N) is 1. The highest BCUT2D eigenvalue weighted by atomic mass is 35.5. The van der Waals surface area contributed by atoms with Gasteiger partial charge in [-0.1, -0.05) is 30.5 Å². The van der Waals surface area contributed by atoms with Gasteiger partial charge in [0.25, 0.3) is 0 Å². The van der Waals surface area contributed by atoms with Crippen molar-refractivity contribution in [3.05, 3.63) is 70.5 Å². The maximum atomic E-state index is 11.4. The van der Waals surface area contributed by atoms with Gasteiger partial charge in [0.05, 0.1) is 5.52 Å².